The third-order valence-electron chi connectivity index (χ3n) is 10.5. The predicted octanol–water partition coefficient (Wildman–Crippen LogP) is 4.76. The van der Waals surface area contributed by atoms with Crippen molar-refractivity contribution in [2.24, 2.45) is 28.6 Å². The van der Waals surface area contributed by atoms with Gasteiger partial charge in [-0.1, -0.05) is 25.5 Å². The summed E-state index contributed by atoms with van der Waals surface area (Å²) in [5, 5.41) is 13.0. The predicted molar refractivity (Wildman–Crippen MR) is 143 cm³/mol. The molecule has 38 heavy (non-hydrogen) atoms. The molecule has 7 heteroatoms. The van der Waals surface area contributed by atoms with Gasteiger partial charge in [0.2, 0.25) is 5.91 Å². The van der Waals surface area contributed by atoms with Crippen LogP contribution in [0, 0.1) is 35.5 Å². The number of nitrogens with zero attached hydrogens (tertiary/aromatic N) is 1. The number of carbonyl (C=O) groups excluding carboxylic acids is 3. The zero-order chi connectivity index (χ0) is 27.1. The Morgan fingerprint density at radius 2 is 1.92 bits per heavy atom. The molecule has 7 nitrogen and oxygen atoms in total. The second-order valence-electron chi connectivity index (χ2n) is 12.6. The van der Waals surface area contributed by atoms with Gasteiger partial charge in [-0.3, -0.25) is 19.4 Å². The molecule has 7 atom stereocenters. The largest absolute Gasteiger partial charge is 0.462 e. The van der Waals surface area contributed by atoms with Crippen LogP contribution in [-0.2, 0) is 19.1 Å². The molecule has 0 spiro atoms. The lowest BCUT2D eigenvalue weighted by Crippen LogP contribution is -2.51. The fourth-order valence-corrected chi connectivity index (χ4v) is 8.23. The zero-order valence-electron chi connectivity index (χ0n) is 23.0. The van der Waals surface area contributed by atoms with Crippen LogP contribution in [0.25, 0.3) is 0 Å². The number of aryl methyl sites for hydroxylation is 1. The smallest absolute Gasteiger partial charge is 0.306 e. The highest BCUT2D eigenvalue weighted by atomic mass is 16.5. The molecular weight excluding hydrogens is 480 g/mol. The van der Waals surface area contributed by atoms with Crippen molar-refractivity contribution >= 4 is 17.7 Å². The van der Waals surface area contributed by atoms with Crippen molar-refractivity contribution in [3.8, 4) is 0 Å². The van der Waals surface area contributed by atoms with Crippen LogP contribution in [0.2, 0.25) is 0 Å². The minimum absolute atomic E-state index is 0.0205. The number of hydrogen-bond donors (Lipinski definition) is 2. The number of ether oxygens (including phenoxy) is 1. The van der Waals surface area contributed by atoms with Gasteiger partial charge in [-0.05, 0) is 87.2 Å². The van der Waals surface area contributed by atoms with E-state index in [0.29, 0.717) is 29.7 Å². The van der Waals surface area contributed by atoms with Crippen LogP contribution in [0.5, 0.6) is 0 Å². The molecule has 0 unspecified atom stereocenters. The number of allylic oxidation sites excluding steroid dienone is 1. The quantitative estimate of drug-likeness (QED) is 0.500. The minimum Gasteiger partial charge on any atom is -0.462 e. The number of aliphatic hydroxyl groups excluding tert-OH is 1. The maximum atomic E-state index is 12.8. The van der Waals surface area contributed by atoms with E-state index in [1.54, 1.807) is 12.3 Å². The Hall–Kier alpha value is -2.54. The molecule has 3 fully saturated rings. The molecule has 1 aromatic heterocycles. The molecular formula is C31H42N2O5. The fraction of sp³-hybridized carbons (Fsp3) is 0.677. The van der Waals surface area contributed by atoms with Crippen LogP contribution in [0.4, 0.5) is 0 Å². The van der Waals surface area contributed by atoms with E-state index in [9.17, 15) is 19.5 Å². The molecule has 0 saturated heterocycles. The number of fused-ring (bicyclic) bond motifs is 5. The van der Waals surface area contributed by atoms with Crippen LogP contribution >= 0.6 is 0 Å². The zero-order valence-corrected chi connectivity index (χ0v) is 23.0. The molecule has 1 heterocycles. The summed E-state index contributed by atoms with van der Waals surface area (Å²) in [4.78, 5) is 41.3. The normalized spacial score (nSPS) is 34.8. The number of esters is 1. The van der Waals surface area contributed by atoms with Crippen molar-refractivity contribution in [2.45, 2.75) is 97.2 Å². The average molecular weight is 523 g/mol. The van der Waals surface area contributed by atoms with Crippen LogP contribution in [-0.4, -0.2) is 40.4 Å². The van der Waals surface area contributed by atoms with Crippen molar-refractivity contribution in [2.75, 3.05) is 6.54 Å². The van der Waals surface area contributed by atoms with Gasteiger partial charge in [0, 0.05) is 42.3 Å². The maximum absolute atomic E-state index is 12.8. The third kappa shape index (κ3) is 5.06. The molecule has 4 aliphatic rings. The summed E-state index contributed by atoms with van der Waals surface area (Å²) in [6.45, 7) is 6.65. The van der Waals surface area contributed by atoms with Crippen LogP contribution < -0.4 is 5.32 Å². The van der Waals surface area contributed by atoms with Crippen LogP contribution in [0.15, 0.2) is 30.0 Å². The van der Waals surface area contributed by atoms with E-state index < -0.39 is 6.10 Å². The van der Waals surface area contributed by atoms with Crippen molar-refractivity contribution in [1.29, 1.82) is 0 Å². The van der Waals surface area contributed by atoms with E-state index >= 15 is 0 Å². The highest BCUT2D eigenvalue weighted by molar-refractivity contribution is 5.91. The van der Waals surface area contributed by atoms with Crippen LogP contribution in [0.1, 0.15) is 95.4 Å². The number of pyridine rings is 1. The highest BCUT2D eigenvalue weighted by Crippen LogP contribution is 2.65. The van der Waals surface area contributed by atoms with E-state index in [1.165, 1.54) is 5.57 Å². The average Bonchev–Trinajstić information content (AvgIpc) is 3.22. The first kappa shape index (κ1) is 27.0. The number of nitrogens with one attached hydrogen (secondary N) is 1. The molecule has 206 valence electrons. The number of ketones is 1. The summed E-state index contributed by atoms with van der Waals surface area (Å²) < 4.78 is 6.03. The van der Waals surface area contributed by atoms with E-state index in [2.05, 4.69) is 24.1 Å². The van der Waals surface area contributed by atoms with E-state index in [4.69, 9.17) is 4.74 Å². The number of rotatable bonds is 7. The highest BCUT2D eigenvalue weighted by Gasteiger charge is 2.59. The Balaban J connectivity index is 1.12. The number of carbonyl (C=O) groups is 3. The fourth-order valence-electron chi connectivity index (χ4n) is 8.23. The topological polar surface area (TPSA) is 106 Å². The number of hydrogen-bond acceptors (Lipinski definition) is 6. The number of aliphatic hydroxyl groups is 1. The first-order valence-corrected chi connectivity index (χ1v) is 14.4. The Bertz CT molecular complexity index is 1110. The summed E-state index contributed by atoms with van der Waals surface area (Å²) in [6.07, 6.45) is 10.6. The lowest BCUT2D eigenvalue weighted by Gasteiger charge is -2.57. The summed E-state index contributed by atoms with van der Waals surface area (Å²) in [5.74, 6) is 1.46. The molecule has 2 N–H and O–H groups in total. The first-order valence-electron chi connectivity index (χ1n) is 14.4. The monoisotopic (exact) mass is 522 g/mol. The van der Waals surface area contributed by atoms with Gasteiger partial charge in [0.1, 0.15) is 6.10 Å². The molecule has 5 rings (SSSR count). The number of amides is 1. The molecule has 3 saturated carbocycles. The van der Waals surface area contributed by atoms with E-state index in [1.807, 2.05) is 19.1 Å². The maximum Gasteiger partial charge on any atom is 0.306 e. The molecule has 0 aliphatic heterocycles. The Morgan fingerprint density at radius 1 is 1.11 bits per heavy atom. The van der Waals surface area contributed by atoms with Gasteiger partial charge in [0.15, 0.2) is 5.78 Å². The van der Waals surface area contributed by atoms with Gasteiger partial charge in [0.25, 0.3) is 0 Å². The Labute approximate surface area is 225 Å². The lowest BCUT2D eigenvalue weighted by molar-refractivity contribution is -0.160. The van der Waals surface area contributed by atoms with Crippen molar-refractivity contribution in [3.05, 3.63) is 41.2 Å². The Morgan fingerprint density at radius 3 is 2.68 bits per heavy atom. The van der Waals surface area contributed by atoms with Crippen LogP contribution in [0.3, 0.4) is 0 Å². The lowest BCUT2D eigenvalue weighted by atomic mass is 9.47. The second kappa shape index (κ2) is 10.6. The third-order valence-corrected chi connectivity index (χ3v) is 10.5. The summed E-state index contributed by atoms with van der Waals surface area (Å²) in [6, 6.07) is 3.61. The van der Waals surface area contributed by atoms with Gasteiger partial charge < -0.3 is 15.2 Å². The minimum atomic E-state index is -0.841. The summed E-state index contributed by atoms with van der Waals surface area (Å²) >= 11 is 0. The van der Waals surface area contributed by atoms with Crippen molar-refractivity contribution < 1.29 is 24.2 Å². The van der Waals surface area contributed by atoms with E-state index in [0.717, 1.165) is 50.6 Å². The Kier molecular flexibility index (Phi) is 7.51. The van der Waals surface area contributed by atoms with Gasteiger partial charge >= 0.3 is 5.97 Å². The second-order valence-corrected chi connectivity index (χ2v) is 12.6. The van der Waals surface area contributed by atoms with Crippen molar-refractivity contribution in [3.63, 3.8) is 0 Å². The van der Waals surface area contributed by atoms with Gasteiger partial charge in [-0.15, -0.1) is 0 Å². The molecule has 1 aromatic rings. The molecule has 4 aliphatic carbocycles. The van der Waals surface area contributed by atoms with Gasteiger partial charge in [-0.25, -0.2) is 0 Å². The number of aromatic nitrogens is 1. The van der Waals surface area contributed by atoms with E-state index in [-0.39, 0.29) is 54.0 Å². The summed E-state index contributed by atoms with van der Waals surface area (Å²) in [7, 11) is 0. The molecule has 1 amide bonds. The van der Waals surface area contributed by atoms with Gasteiger partial charge in [-0.2, -0.15) is 0 Å². The summed E-state index contributed by atoms with van der Waals surface area (Å²) in [5.41, 5.74) is 3.00. The van der Waals surface area contributed by atoms with Crippen molar-refractivity contribution in [1.82, 2.24) is 10.3 Å². The molecule has 0 aromatic carbocycles. The SMILES string of the molecule is Cc1ccc([C@H](O)CNC(=O)CCC(=O)O[C@@H]2CC[C@H]3[C@@H]4CCC5=CC(=O)CC[C@]5(C)[C@H]4CC[C@]23C)cn1. The molecule has 0 radical (unpaired) electrons. The first-order chi connectivity index (χ1) is 18.1. The molecule has 0 bridgehead atoms. The standard InChI is InChI=1S/C31H42N2O5/c1-19-4-5-20(17-32-19)26(35)18-33-28(36)10-11-29(37)38-27-9-8-24-23-7-6-21-16-22(34)12-14-30(21,2)25(23)13-15-31(24,27)3/h4-5,16-17,23-27,35H,6-15,18H2,1-3H3,(H,33,36)/t23-,24-,25-,26+,27+,30-,31-/m0/s1. The van der Waals surface area contributed by atoms with Gasteiger partial charge in [0.05, 0.1) is 12.5 Å².